The minimum absolute atomic E-state index is 0.0418. The van der Waals surface area contributed by atoms with Crippen molar-refractivity contribution in [3.63, 3.8) is 0 Å². The highest BCUT2D eigenvalue weighted by Gasteiger charge is 2.38. The van der Waals surface area contributed by atoms with Gasteiger partial charge in [0.25, 0.3) is 0 Å². The second kappa shape index (κ2) is 5.42. The van der Waals surface area contributed by atoms with Crippen LogP contribution in [0.5, 0.6) is 0 Å². The van der Waals surface area contributed by atoms with Gasteiger partial charge in [0, 0.05) is 23.6 Å². The van der Waals surface area contributed by atoms with Gasteiger partial charge in [0.2, 0.25) is 10.0 Å². The molecule has 0 aromatic heterocycles. The van der Waals surface area contributed by atoms with Crippen molar-refractivity contribution in [2.24, 2.45) is 5.73 Å². The maximum absolute atomic E-state index is 12.4. The highest BCUT2D eigenvalue weighted by molar-refractivity contribution is 8.00. The van der Waals surface area contributed by atoms with Gasteiger partial charge >= 0.3 is 0 Å². The number of hydrogen-bond acceptors (Lipinski definition) is 4. The van der Waals surface area contributed by atoms with Crippen molar-refractivity contribution in [2.75, 3.05) is 18.8 Å². The van der Waals surface area contributed by atoms with E-state index in [0.29, 0.717) is 19.5 Å². The number of sulfonamides is 1. The highest BCUT2D eigenvalue weighted by atomic mass is 32.2. The molecule has 7 heteroatoms. The summed E-state index contributed by atoms with van der Waals surface area (Å²) in [6.45, 7) is 6.99. The molecule has 1 atom stereocenters. The van der Waals surface area contributed by atoms with Crippen molar-refractivity contribution in [3.8, 4) is 0 Å². The third kappa shape index (κ3) is 3.56. The summed E-state index contributed by atoms with van der Waals surface area (Å²) in [5.74, 6) is 0.819. The van der Waals surface area contributed by atoms with Crippen LogP contribution in [0.3, 0.4) is 0 Å². The first kappa shape index (κ1) is 15.2. The van der Waals surface area contributed by atoms with Crippen molar-refractivity contribution in [1.82, 2.24) is 4.31 Å². The van der Waals surface area contributed by atoms with Gasteiger partial charge in [0.15, 0.2) is 0 Å². The maximum atomic E-state index is 12.4. The molecule has 0 radical (unpaired) electrons. The molecule has 1 rings (SSSR count). The molecule has 1 aliphatic heterocycles. The molecule has 1 saturated heterocycles. The minimum atomic E-state index is -3.39. The Kier molecular flexibility index (Phi) is 4.85. The minimum Gasteiger partial charge on any atom is -0.392 e. The van der Waals surface area contributed by atoms with Gasteiger partial charge in [-0.25, -0.2) is 8.42 Å². The maximum Gasteiger partial charge on any atom is 0.223 e. The fourth-order valence-corrected chi connectivity index (χ4v) is 5.69. The molecule has 1 fully saturated rings. The predicted molar refractivity (Wildman–Crippen MR) is 77.9 cm³/mol. The Balaban J connectivity index is 2.94. The Labute approximate surface area is 113 Å². The summed E-state index contributed by atoms with van der Waals surface area (Å²) in [5.41, 5.74) is 5.53. The van der Waals surface area contributed by atoms with Crippen molar-refractivity contribution in [3.05, 3.63) is 0 Å². The Morgan fingerprint density at radius 2 is 2.18 bits per heavy atom. The summed E-state index contributed by atoms with van der Waals surface area (Å²) < 4.78 is 26.3. The molecule has 1 unspecified atom stereocenters. The third-order valence-electron chi connectivity index (χ3n) is 2.80. The zero-order valence-corrected chi connectivity index (χ0v) is 12.9. The van der Waals surface area contributed by atoms with Gasteiger partial charge in [-0.2, -0.15) is 16.1 Å². The second-order valence-corrected chi connectivity index (χ2v) is 9.17. The lowest BCUT2D eigenvalue weighted by atomic mass is 10.2. The summed E-state index contributed by atoms with van der Waals surface area (Å²) in [6, 6.07) is 0. The van der Waals surface area contributed by atoms with E-state index in [4.69, 9.17) is 18.0 Å². The molecule has 1 aliphatic rings. The topological polar surface area (TPSA) is 63.4 Å². The summed E-state index contributed by atoms with van der Waals surface area (Å²) in [6.07, 6.45) is 0.432. The van der Waals surface area contributed by atoms with Crippen LogP contribution < -0.4 is 5.73 Å². The smallest absolute Gasteiger partial charge is 0.223 e. The zero-order chi connectivity index (χ0) is 13.3. The molecule has 1 heterocycles. The molecule has 100 valence electrons. The van der Waals surface area contributed by atoms with Crippen LogP contribution in [0, 0.1) is 0 Å². The number of rotatable bonds is 4. The lowest BCUT2D eigenvalue weighted by molar-refractivity contribution is 0.385. The van der Waals surface area contributed by atoms with Gasteiger partial charge in [-0.15, -0.1) is 0 Å². The lowest BCUT2D eigenvalue weighted by Gasteiger charge is -2.38. The van der Waals surface area contributed by atoms with E-state index in [0.717, 1.165) is 5.75 Å². The van der Waals surface area contributed by atoms with Crippen molar-refractivity contribution < 1.29 is 8.42 Å². The summed E-state index contributed by atoms with van der Waals surface area (Å²) in [7, 11) is -3.39. The molecule has 0 aromatic rings. The molecule has 2 N–H and O–H groups in total. The molecule has 4 nitrogen and oxygen atoms in total. The highest BCUT2D eigenvalue weighted by Crippen LogP contribution is 2.31. The van der Waals surface area contributed by atoms with E-state index in [1.807, 2.05) is 0 Å². The van der Waals surface area contributed by atoms with E-state index in [9.17, 15) is 8.42 Å². The normalized spacial score (nSPS) is 23.2. The number of thiocarbonyl (C=S) groups is 1. The molecular weight excluding hydrogens is 276 g/mol. The first-order valence-electron chi connectivity index (χ1n) is 5.63. The standard InChI is InChI=1S/C10H20N2O2S3/c1-4-8(9(11)15)17(13,14)12-5-6-16-10(2,3)7-12/h8H,4-7H2,1-3H3,(H2,11,15). The van der Waals surface area contributed by atoms with Gasteiger partial charge < -0.3 is 5.73 Å². The fourth-order valence-electron chi connectivity index (χ4n) is 1.93. The molecule has 0 bridgehead atoms. The molecule has 17 heavy (non-hydrogen) atoms. The van der Waals surface area contributed by atoms with Gasteiger partial charge in [0.05, 0.1) is 4.99 Å². The second-order valence-electron chi connectivity index (χ2n) is 4.79. The average Bonchev–Trinajstić information content (AvgIpc) is 2.15. The first-order valence-corrected chi connectivity index (χ1v) is 8.52. The van der Waals surface area contributed by atoms with E-state index in [-0.39, 0.29) is 9.74 Å². The Bertz CT molecular complexity index is 392. The monoisotopic (exact) mass is 296 g/mol. The van der Waals surface area contributed by atoms with Crippen molar-refractivity contribution in [2.45, 2.75) is 37.2 Å². The average molecular weight is 296 g/mol. The van der Waals surface area contributed by atoms with E-state index < -0.39 is 15.3 Å². The van der Waals surface area contributed by atoms with Gasteiger partial charge in [-0.1, -0.05) is 19.1 Å². The molecule has 0 amide bonds. The molecular formula is C10H20N2O2S3. The Morgan fingerprint density at radius 3 is 2.59 bits per heavy atom. The number of thioether (sulfide) groups is 1. The number of nitrogens with zero attached hydrogens (tertiary/aromatic N) is 1. The largest absolute Gasteiger partial charge is 0.392 e. The fraction of sp³-hybridized carbons (Fsp3) is 0.900. The van der Waals surface area contributed by atoms with Crippen LogP contribution in [-0.4, -0.2) is 46.6 Å². The Hall–Kier alpha value is 0.150. The number of hydrogen-bond donors (Lipinski definition) is 1. The van der Waals surface area contributed by atoms with Gasteiger partial charge in [-0.3, -0.25) is 0 Å². The summed E-state index contributed by atoms with van der Waals surface area (Å²) in [5, 5.41) is -0.726. The molecule has 0 saturated carbocycles. The van der Waals surface area contributed by atoms with Crippen LogP contribution in [0.4, 0.5) is 0 Å². The number of nitrogens with two attached hydrogens (primary N) is 1. The zero-order valence-electron chi connectivity index (χ0n) is 10.5. The summed E-state index contributed by atoms with van der Waals surface area (Å²) >= 11 is 6.66. The first-order chi connectivity index (χ1) is 7.70. The van der Waals surface area contributed by atoms with Crippen LogP contribution in [0.2, 0.25) is 0 Å². The SMILES string of the molecule is CCC(C(N)=S)S(=O)(=O)N1CCSC(C)(C)C1. The molecule has 0 aromatic carbocycles. The van der Waals surface area contributed by atoms with Crippen LogP contribution in [0.15, 0.2) is 0 Å². The van der Waals surface area contributed by atoms with Crippen molar-refractivity contribution in [1.29, 1.82) is 0 Å². The predicted octanol–water partition coefficient (Wildman–Crippen LogP) is 1.21. The van der Waals surface area contributed by atoms with Gasteiger partial charge in [0.1, 0.15) is 5.25 Å². The van der Waals surface area contributed by atoms with Crippen LogP contribution in [-0.2, 0) is 10.0 Å². The Morgan fingerprint density at radius 1 is 1.59 bits per heavy atom. The third-order valence-corrected chi connectivity index (χ3v) is 6.87. The van der Waals surface area contributed by atoms with E-state index in [1.165, 1.54) is 4.31 Å². The van der Waals surface area contributed by atoms with E-state index >= 15 is 0 Å². The van der Waals surface area contributed by atoms with Gasteiger partial charge in [-0.05, 0) is 20.3 Å². The van der Waals surface area contributed by atoms with Crippen molar-refractivity contribution >= 4 is 39.0 Å². The van der Waals surface area contributed by atoms with E-state index in [2.05, 4.69) is 13.8 Å². The van der Waals surface area contributed by atoms with E-state index in [1.54, 1.807) is 18.7 Å². The lowest BCUT2D eigenvalue weighted by Crippen LogP contribution is -2.51. The molecule has 0 aliphatic carbocycles. The molecule has 0 spiro atoms. The van der Waals surface area contributed by atoms with Crippen LogP contribution in [0.25, 0.3) is 0 Å². The van der Waals surface area contributed by atoms with Crippen LogP contribution in [0.1, 0.15) is 27.2 Å². The van der Waals surface area contributed by atoms with Crippen LogP contribution >= 0.6 is 24.0 Å². The summed E-state index contributed by atoms with van der Waals surface area (Å²) in [4.78, 5) is 0.0727. The quantitative estimate of drug-likeness (QED) is 0.790.